The second-order valence-electron chi connectivity index (χ2n) is 7.47. The van der Waals surface area contributed by atoms with Gasteiger partial charge < -0.3 is 19.5 Å². The molecule has 164 valence electrons. The lowest BCUT2D eigenvalue weighted by Crippen LogP contribution is -2.50. The van der Waals surface area contributed by atoms with E-state index in [1.807, 2.05) is 17.0 Å². The zero-order valence-electron chi connectivity index (χ0n) is 17.4. The number of amides is 3. The summed E-state index contributed by atoms with van der Waals surface area (Å²) in [6, 6.07) is 12.4. The van der Waals surface area contributed by atoms with E-state index in [9.17, 15) is 9.59 Å². The molecule has 2 aromatic rings. The Morgan fingerprint density at radius 3 is 2.42 bits per heavy atom. The first kappa shape index (κ1) is 21.0. The number of methoxy groups -OCH3 is 1. The van der Waals surface area contributed by atoms with Crippen molar-refractivity contribution < 1.29 is 23.8 Å². The highest BCUT2D eigenvalue weighted by molar-refractivity contribution is 6.01. The molecule has 4 rings (SSSR count). The number of nitrogens with one attached hydrogen (secondary N) is 2. The molecule has 0 aliphatic carbocycles. The third kappa shape index (κ3) is 5.65. The summed E-state index contributed by atoms with van der Waals surface area (Å²) in [5, 5.41) is 5.02. The van der Waals surface area contributed by atoms with Crippen molar-refractivity contribution in [3.05, 3.63) is 48.0 Å². The fourth-order valence-electron chi connectivity index (χ4n) is 3.61. The van der Waals surface area contributed by atoms with Gasteiger partial charge in [-0.05, 0) is 42.0 Å². The summed E-state index contributed by atoms with van der Waals surface area (Å²) in [5.41, 5.74) is 1.76. The Balaban J connectivity index is 1.17. The molecule has 0 radical (unpaired) electrons. The molecule has 0 unspecified atom stereocenters. The first-order valence-corrected chi connectivity index (χ1v) is 10.2. The van der Waals surface area contributed by atoms with Crippen LogP contribution >= 0.6 is 0 Å². The summed E-state index contributed by atoms with van der Waals surface area (Å²) < 4.78 is 15.9. The number of imide groups is 1. The molecule has 0 spiro atoms. The fourth-order valence-corrected chi connectivity index (χ4v) is 3.61. The normalized spacial score (nSPS) is 16.0. The van der Waals surface area contributed by atoms with E-state index in [1.54, 1.807) is 31.4 Å². The minimum Gasteiger partial charge on any atom is -0.497 e. The van der Waals surface area contributed by atoms with E-state index in [0.717, 1.165) is 44.2 Å². The van der Waals surface area contributed by atoms with Crippen LogP contribution in [-0.4, -0.2) is 68.4 Å². The van der Waals surface area contributed by atoms with Crippen molar-refractivity contribution in [2.75, 3.05) is 51.9 Å². The minimum atomic E-state index is -0.545. The maximum atomic E-state index is 12.2. The number of fused-ring (bicyclic) bond motifs is 1. The number of urea groups is 1. The SMILES string of the molecule is COc1ccc(NC(=O)NC(=O)CN2CCN(Cc3ccc4c(c3)OCO4)CC2)cc1. The molecule has 9 heteroatoms. The molecule has 2 N–H and O–H groups in total. The van der Waals surface area contributed by atoms with E-state index in [0.29, 0.717) is 11.4 Å². The Kier molecular flexibility index (Phi) is 6.54. The highest BCUT2D eigenvalue weighted by atomic mass is 16.7. The fraction of sp³-hybridized carbons (Fsp3) is 0.364. The van der Waals surface area contributed by atoms with Gasteiger partial charge >= 0.3 is 6.03 Å². The van der Waals surface area contributed by atoms with Crippen LogP contribution in [-0.2, 0) is 11.3 Å². The lowest BCUT2D eigenvalue weighted by Gasteiger charge is -2.34. The summed E-state index contributed by atoms with van der Waals surface area (Å²) in [7, 11) is 1.57. The van der Waals surface area contributed by atoms with E-state index in [4.69, 9.17) is 14.2 Å². The van der Waals surface area contributed by atoms with Gasteiger partial charge in [-0.3, -0.25) is 19.9 Å². The lowest BCUT2D eigenvalue weighted by atomic mass is 10.1. The number of hydrogen-bond donors (Lipinski definition) is 2. The summed E-state index contributed by atoms with van der Waals surface area (Å²) in [5.74, 6) is 1.95. The van der Waals surface area contributed by atoms with Gasteiger partial charge in [-0.1, -0.05) is 6.07 Å². The number of carbonyl (C=O) groups is 2. The Hall–Kier alpha value is -3.30. The average molecular weight is 426 g/mol. The molecular formula is C22H26N4O5. The van der Waals surface area contributed by atoms with Crippen molar-refractivity contribution in [2.24, 2.45) is 0 Å². The van der Waals surface area contributed by atoms with Crippen LogP contribution in [0.4, 0.5) is 10.5 Å². The van der Waals surface area contributed by atoms with Crippen LogP contribution in [0.3, 0.4) is 0 Å². The molecule has 0 saturated carbocycles. The standard InChI is InChI=1S/C22H26N4O5/c1-29-18-5-3-17(4-6-18)23-22(28)24-21(27)14-26-10-8-25(9-11-26)13-16-2-7-19-20(12-16)31-15-30-19/h2-7,12H,8-11,13-15H2,1H3,(H2,23,24,27,28). The predicted octanol–water partition coefficient (Wildman–Crippen LogP) is 1.89. The van der Waals surface area contributed by atoms with Crippen molar-refractivity contribution in [3.63, 3.8) is 0 Å². The third-order valence-electron chi connectivity index (χ3n) is 5.28. The predicted molar refractivity (Wildman–Crippen MR) is 114 cm³/mol. The molecule has 2 aliphatic rings. The zero-order valence-corrected chi connectivity index (χ0v) is 17.4. The maximum Gasteiger partial charge on any atom is 0.325 e. The number of ether oxygens (including phenoxy) is 3. The van der Waals surface area contributed by atoms with Gasteiger partial charge in [-0.25, -0.2) is 4.79 Å². The summed E-state index contributed by atoms with van der Waals surface area (Å²) >= 11 is 0. The smallest absolute Gasteiger partial charge is 0.325 e. The van der Waals surface area contributed by atoms with Crippen LogP contribution < -0.4 is 24.8 Å². The molecule has 2 aliphatic heterocycles. The Labute approximate surface area is 180 Å². The molecular weight excluding hydrogens is 400 g/mol. The third-order valence-corrected chi connectivity index (χ3v) is 5.28. The van der Waals surface area contributed by atoms with Crippen LogP contribution in [0.25, 0.3) is 0 Å². The van der Waals surface area contributed by atoms with E-state index in [2.05, 4.69) is 21.6 Å². The van der Waals surface area contributed by atoms with Gasteiger partial charge in [0.1, 0.15) is 5.75 Å². The van der Waals surface area contributed by atoms with E-state index in [1.165, 1.54) is 5.56 Å². The van der Waals surface area contributed by atoms with Crippen molar-refractivity contribution in [1.82, 2.24) is 15.1 Å². The number of anilines is 1. The Morgan fingerprint density at radius 1 is 0.968 bits per heavy atom. The number of carbonyl (C=O) groups excluding carboxylic acids is 2. The molecule has 1 saturated heterocycles. The molecule has 9 nitrogen and oxygen atoms in total. The second-order valence-corrected chi connectivity index (χ2v) is 7.47. The number of benzene rings is 2. The van der Waals surface area contributed by atoms with Crippen molar-refractivity contribution in [3.8, 4) is 17.2 Å². The van der Waals surface area contributed by atoms with Crippen molar-refractivity contribution >= 4 is 17.6 Å². The van der Waals surface area contributed by atoms with E-state index >= 15 is 0 Å². The summed E-state index contributed by atoms with van der Waals surface area (Å²) in [6.07, 6.45) is 0. The van der Waals surface area contributed by atoms with Gasteiger partial charge in [0.2, 0.25) is 12.7 Å². The summed E-state index contributed by atoms with van der Waals surface area (Å²) in [4.78, 5) is 28.6. The lowest BCUT2D eigenvalue weighted by molar-refractivity contribution is -0.121. The first-order valence-electron chi connectivity index (χ1n) is 10.2. The highest BCUT2D eigenvalue weighted by Gasteiger charge is 2.21. The van der Waals surface area contributed by atoms with Crippen molar-refractivity contribution in [2.45, 2.75) is 6.54 Å². The van der Waals surface area contributed by atoms with Crippen LogP contribution in [0.2, 0.25) is 0 Å². The van der Waals surface area contributed by atoms with E-state index < -0.39 is 6.03 Å². The van der Waals surface area contributed by atoms with Gasteiger partial charge in [0.25, 0.3) is 0 Å². The molecule has 2 heterocycles. The molecule has 2 aromatic carbocycles. The second kappa shape index (κ2) is 9.67. The minimum absolute atomic E-state index is 0.188. The molecule has 1 fully saturated rings. The van der Waals surface area contributed by atoms with Crippen molar-refractivity contribution in [1.29, 1.82) is 0 Å². The molecule has 0 bridgehead atoms. The summed E-state index contributed by atoms with van der Waals surface area (Å²) in [6.45, 7) is 4.50. The molecule has 3 amide bonds. The maximum absolute atomic E-state index is 12.2. The highest BCUT2D eigenvalue weighted by Crippen LogP contribution is 2.32. The largest absolute Gasteiger partial charge is 0.497 e. The molecule has 0 atom stereocenters. The number of piperazine rings is 1. The van der Waals surface area contributed by atoms with Gasteiger partial charge in [0.05, 0.1) is 13.7 Å². The quantitative estimate of drug-likeness (QED) is 0.729. The average Bonchev–Trinajstić information content (AvgIpc) is 3.23. The topological polar surface area (TPSA) is 92.4 Å². The number of hydrogen-bond acceptors (Lipinski definition) is 7. The zero-order chi connectivity index (χ0) is 21.6. The first-order chi connectivity index (χ1) is 15.1. The van der Waals surface area contributed by atoms with Gasteiger partial charge in [0.15, 0.2) is 11.5 Å². The van der Waals surface area contributed by atoms with Crippen LogP contribution in [0.15, 0.2) is 42.5 Å². The Morgan fingerprint density at radius 2 is 1.68 bits per heavy atom. The van der Waals surface area contributed by atoms with Gasteiger partial charge in [-0.15, -0.1) is 0 Å². The van der Waals surface area contributed by atoms with Crippen LogP contribution in [0.1, 0.15) is 5.56 Å². The van der Waals surface area contributed by atoms with E-state index in [-0.39, 0.29) is 19.2 Å². The number of nitrogens with zero attached hydrogens (tertiary/aromatic N) is 2. The molecule has 31 heavy (non-hydrogen) atoms. The van der Waals surface area contributed by atoms with Gasteiger partial charge in [0, 0.05) is 38.4 Å². The van der Waals surface area contributed by atoms with Crippen LogP contribution in [0.5, 0.6) is 17.2 Å². The molecule has 0 aromatic heterocycles. The van der Waals surface area contributed by atoms with Gasteiger partial charge in [-0.2, -0.15) is 0 Å². The monoisotopic (exact) mass is 426 g/mol. The number of rotatable bonds is 6. The Bertz CT molecular complexity index is 926. The van der Waals surface area contributed by atoms with Crippen LogP contribution in [0, 0.1) is 0 Å².